The summed E-state index contributed by atoms with van der Waals surface area (Å²) < 4.78 is 0.990. The van der Waals surface area contributed by atoms with Crippen molar-refractivity contribution < 1.29 is 4.79 Å². The normalized spacial score (nSPS) is 19.9. The zero-order valence-corrected chi connectivity index (χ0v) is 11.9. The number of aryl methyl sites for hydroxylation is 1. The van der Waals surface area contributed by atoms with Crippen LogP contribution >= 0.6 is 27.5 Å². The molecule has 2 nitrogen and oxygen atoms in total. The van der Waals surface area contributed by atoms with Crippen LogP contribution in [0.2, 0.25) is 0 Å². The summed E-state index contributed by atoms with van der Waals surface area (Å²) in [5.74, 6) is -0.0174. The lowest BCUT2D eigenvalue weighted by Gasteiger charge is -2.19. The van der Waals surface area contributed by atoms with Gasteiger partial charge >= 0.3 is 0 Å². The highest BCUT2D eigenvalue weighted by Gasteiger charge is 2.21. The van der Waals surface area contributed by atoms with E-state index in [1.54, 1.807) is 0 Å². The Morgan fingerprint density at radius 3 is 2.88 bits per heavy atom. The fraction of sp³-hybridized carbons (Fsp3) is 0.385. The topological polar surface area (TPSA) is 30.0 Å². The maximum atomic E-state index is 11.1. The second-order valence-electron chi connectivity index (χ2n) is 4.32. The van der Waals surface area contributed by atoms with E-state index in [9.17, 15) is 4.79 Å². The molecule has 1 aromatic heterocycles. The minimum atomic E-state index is -0.221. The van der Waals surface area contributed by atoms with E-state index >= 15 is 0 Å². The van der Waals surface area contributed by atoms with Crippen molar-refractivity contribution >= 4 is 38.3 Å². The van der Waals surface area contributed by atoms with Crippen molar-refractivity contribution in [1.82, 2.24) is 4.98 Å². The molecule has 1 heterocycles. The average Bonchev–Trinajstić information content (AvgIpc) is 2.29. The number of carbonyl (C=O) groups excluding carboxylic acids is 1. The van der Waals surface area contributed by atoms with Crippen LogP contribution in [0.5, 0.6) is 0 Å². The van der Waals surface area contributed by atoms with Gasteiger partial charge in [-0.1, -0.05) is 6.08 Å². The van der Waals surface area contributed by atoms with E-state index in [0.717, 1.165) is 35.0 Å². The first-order valence-corrected chi connectivity index (χ1v) is 6.76. The molecule has 0 spiro atoms. The third-order valence-corrected chi connectivity index (χ3v) is 3.82. The average molecular weight is 315 g/mol. The molecule has 0 bridgehead atoms. The Hall–Kier alpha value is -0.670. The molecule has 0 fully saturated rings. The molecule has 1 aromatic rings. The summed E-state index contributed by atoms with van der Waals surface area (Å²) in [6.45, 7) is 2.05. The first-order chi connectivity index (χ1) is 8.08. The van der Waals surface area contributed by atoms with Gasteiger partial charge in [0.2, 0.25) is 5.24 Å². The smallest absolute Gasteiger partial charge is 0.225 e. The summed E-state index contributed by atoms with van der Waals surface area (Å²) in [7, 11) is 0. The maximum Gasteiger partial charge on any atom is 0.225 e. The molecule has 1 aliphatic carbocycles. The molecule has 0 aliphatic heterocycles. The summed E-state index contributed by atoms with van der Waals surface area (Å²) in [6, 6.07) is 2.06. The highest BCUT2D eigenvalue weighted by Crippen LogP contribution is 2.32. The van der Waals surface area contributed by atoms with Gasteiger partial charge < -0.3 is 0 Å². The quantitative estimate of drug-likeness (QED) is 0.769. The van der Waals surface area contributed by atoms with Crippen LogP contribution in [0.15, 0.2) is 22.8 Å². The van der Waals surface area contributed by atoms with Crippen LogP contribution in [0.4, 0.5) is 0 Å². The van der Waals surface area contributed by atoms with Crippen molar-refractivity contribution in [3.63, 3.8) is 0 Å². The number of nitrogens with zero attached hydrogens (tertiary/aromatic N) is 1. The largest absolute Gasteiger partial charge is 0.281 e. The predicted molar refractivity (Wildman–Crippen MR) is 72.9 cm³/mol. The first kappa shape index (κ1) is 12.8. The van der Waals surface area contributed by atoms with Crippen LogP contribution < -0.4 is 0 Å². The van der Waals surface area contributed by atoms with E-state index in [0.29, 0.717) is 0 Å². The van der Waals surface area contributed by atoms with Crippen molar-refractivity contribution in [1.29, 1.82) is 0 Å². The van der Waals surface area contributed by atoms with E-state index in [4.69, 9.17) is 11.6 Å². The number of allylic oxidation sites excluding steroid dienone is 2. The highest BCUT2D eigenvalue weighted by molar-refractivity contribution is 9.10. The number of rotatable bonds is 2. The van der Waals surface area contributed by atoms with Gasteiger partial charge in [-0.05, 0) is 70.9 Å². The number of hydrogen-bond acceptors (Lipinski definition) is 2. The molecule has 0 unspecified atom stereocenters. The minimum absolute atomic E-state index is 0.0174. The number of halogens is 2. The predicted octanol–water partition coefficient (Wildman–Crippen LogP) is 4.10. The molecule has 0 amide bonds. The van der Waals surface area contributed by atoms with Crippen LogP contribution in [-0.2, 0) is 4.79 Å². The number of aromatic nitrogens is 1. The lowest BCUT2D eigenvalue weighted by Crippen LogP contribution is -2.12. The molecule has 0 aromatic carbocycles. The molecule has 0 saturated carbocycles. The van der Waals surface area contributed by atoms with E-state index in [2.05, 4.69) is 33.1 Å². The first-order valence-electron chi connectivity index (χ1n) is 5.59. The van der Waals surface area contributed by atoms with Crippen LogP contribution in [0, 0.1) is 12.8 Å². The van der Waals surface area contributed by atoms with Gasteiger partial charge in [-0.2, -0.15) is 0 Å². The lowest BCUT2D eigenvalue weighted by atomic mass is 9.88. The third-order valence-electron chi connectivity index (χ3n) is 3.08. The third kappa shape index (κ3) is 2.96. The summed E-state index contributed by atoms with van der Waals surface area (Å²) in [5.41, 5.74) is 3.42. The van der Waals surface area contributed by atoms with Crippen molar-refractivity contribution in [2.24, 2.45) is 5.92 Å². The lowest BCUT2D eigenvalue weighted by molar-refractivity contribution is -0.115. The molecule has 4 heteroatoms. The van der Waals surface area contributed by atoms with Crippen LogP contribution in [0.1, 0.15) is 30.5 Å². The summed E-state index contributed by atoms with van der Waals surface area (Å²) in [6.07, 6.45) is 6.33. The SMILES string of the molecule is Cc1cc(Br)cnc1C1=CC[C@@H](C(=O)Cl)CC1. The standard InChI is InChI=1S/C13H13BrClNO/c1-8-6-11(14)7-16-12(8)9-2-4-10(5-3-9)13(15)17/h2,6-7,10H,3-5H2,1H3/t10-/m1/s1. The summed E-state index contributed by atoms with van der Waals surface area (Å²) in [4.78, 5) is 15.5. The highest BCUT2D eigenvalue weighted by atomic mass is 79.9. The van der Waals surface area contributed by atoms with E-state index in [-0.39, 0.29) is 11.2 Å². The van der Waals surface area contributed by atoms with Gasteiger partial charge in [0.1, 0.15) is 0 Å². The van der Waals surface area contributed by atoms with Crippen LogP contribution in [-0.4, -0.2) is 10.2 Å². The summed E-state index contributed by atoms with van der Waals surface area (Å²) >= 11 is 8.92. The van der Waals surface area contributed by atoms with Crippen LogP contribution in [0.3, 0.4) is 0 Å². The van der Waals surface area contributed by atoms with Gasteiger partial charge in [-0.15, -0.1) is 0 Å². The summed E-state index contributed by atoms with van der Waals surface area (Å²) in [5, 5.41) is -0.221. The van der Waals surface area contributed by atoms with Crippen LogP contribution in [0.25, 0.3) is 5.57 Å². The fourth-order valence-electron chi connectivity index (χ4n) is 2.13. The zero-order valence-electron chi connectivity index (χ0n) is 9.54. The van der Waals surface area contributed by atoms with Crippen molar-refractivity contribution in [3.8, 4) is 0 Å². The Morgan fingerprint density at radius 1 is 1.59 bits per heavy atom. The zero-order chi connectivity index (χ0) is 12.4. The molecule has 90 valence electrons. The number of hydrogen-bond donors (Lipinski definition) is 0. The Balaban J connectivity index is 2.22. The van der Waals surface area contributed by atoms with Gasteiger partial charge in [0.05, 0.1) is 5.69 Å². The van der Waals surface area contributed by atoms with Crippen molar-refractivity contribution in [2.45, 2.75) is 26.2 Å². The molecule has 2 rings (SSSR count). The molecule has 1 aliphatic rings. The second-order valence-corrected chi connectivity index (χ2v) is 5.61. The molecule has 0 N–H and O–H groups in total. The van der Waals surface area contributed by atoms with E-state index in [1.165, 1.54) is 5.57 Å². The van der Waals surface area contributed by atoms with E-state index in [1.807, 2.05) is 13.1 Å². The Labute approximate surface area is 114 Å². The number of pyridine rings is 1. The van der Waals surface area contributed by atoms with E-state index < -0.39 is 0 Å². The Morgan fingerprint density at radius 2 is 2.35 bits per heavy atom. The second kappa shape index (κ2) is 5.32. The molecule has 0 saturated heterocycles. The molecular weight excluding hydrogens is 302 g/mol. The molecular formula is C13H13BrClNO. The fourth-order valence-corrected chi connectivity index (χ4v) is 2.78. The molecule has 17 heavy (non-hydrogen) atoms. The van der Waals surface area contributed by atoms with Gasteiger partial charge in [-0.25, -0.2) is 0 Å². The van der Waals surface area contributed by atoms with Crippen molar-refractivity contribution in [3.05, 3.63) is 34.1 Å². The minimum Gasteiger partial charge on any atom is -0.281 e. The Bertz CT molecular complexity index is 484. The van der Waals surface area contributed by atoms with Gasteiger partial charge in [0.15, 0.2) is 0 Å². The number of carbonyl (C=O) groups is 1. The maximum absolute atomic E-state index is 11.1. The Kier molecular flexibility index (Phi) is 4.00. The van der Waals surface area contributed by atoms with Gasteiger partial charge in [0.25, 0.3) is 0 Å². The van der Waals surface area contributed by atoms with Crippen molar-refractivity contribution in [2.75, 3.05) is 0 Å². The molecule has 0 radical (unpaired) electrons. The van der Waals surface area contributed by atoms with Gasteiger partial charge in [0, 0.05) is 16.6 Å². The monoisotopic (exact) mass is 313 g/mol. The molecule has 1 atom stereocenters. The van der Waals surface area contributed by atoms with Gasteiger partial charge in [-0.3, -0.25) is 9.78 Å².